The van der Waals surface area contributed by atoms with Crippen molar-refractivity contribution in [1.82, 2.24) is 4.90 Å². The van der Waals surface area contributed by atoms with E-state index in [2.05, 4.69) is 19.2 Å². The molecule has 0 spiro atoms. The first-order chi connectivity index (χ1) is 9.61. The first kappa shape index (κ1) is 15.5. The van der Waals surface area contributed by atoms with Crippen LogP contribution in [0.2, 0.25) is 5.02 Å². The number of rotatable bonds is 4. The van der Waals surface area contributed by atoms with Gasteiger partial charge in [0.05, 0.1) is 5.56 Å². The predicted octanol–water partition coefficient (Wildman–Crippen LogP) is 3.74. The molecule has 0 aliphatic carbocycles. The lowest BCUT2D eigenvalue weighted by atomic mass is 10.1. The Labute approximate surface area is 130 Å². The highest BCUT2D eigenvalue weighted by atomic mass is 35.5. The molecular formula is C15H21ClN2OS. The molecule has 0 radical (unpaired) electrons. The molecular weight excluding hydrogens is 292 g/mol. The van der Waals surface area contributed by atoms with Gasteiger partial charge < -0.3 is 10.2 Å². The Kier molecular flexibility index (Phi) is 5.61. The topological polar surface area (TPSA) is 32.3 Å². The van der Waals surface area contributed by atoms with E-state index in [1.54, 1.807) is 6.07 Å². The van der Waals surface area contributed by atoms with E-state index in [-0.39, 0.29) is 5.91 Å². The second-order valence-corrected chi connectivity index (χ2v) is 7.03. The highest BCUT2D eigenvalue weighted by molar-refractivity contribution is 7.99. The zero-order valence-electron chi connectivity index (χ0n) is 12.0. The average Bonchev–Trinajstić information content (AvgIpc) is 2.45. The fraction of sp³-hybridized carbons (Fsp3) is 0.533. The van der Waals surface area contributed by atoms with Gasteiger partial charge in [0.1, 0.15) is 0 Å². The van der Waals surface area contributed by atoms with Crippen LogP contribution in [0.4, 0.5) is 5.69 Å². The standard InChI is InChI=1S/C15H21ClN2OS/c1-3-6-17-14-5-4-12(16)9-13(14)15(19)18-7-8-20-11(2)10-18/h4-5,9,11,17H,3,6-8,10H2,1-2H3. The van der Waals surface area contributed by atoms with E-state index in [1.807, 2.05) is 28.8 Å². The maximum atomic E-state index is 12.7. The fourth-order valence-corrected chi connectivity index (χ4v) is 3.47. The Morgan fingerprint density at radius 3 is 3.05 bits per heavy atom. The molecule has 5 heteroatoms. The largest absolute Gasteiger partial charge is 0.384 e. The first-order valence-electron chi connectivity index (χ1n) is 7.06. The molecule has 1 atom stereocenters. The van der Waals surface area contributed by atoms with Crippen molar-refractivity contribution in [3.63, 3.8) is 0 Å². The number of carbonyl (C=O) groups excluding carboxylic acids is 1. The van der Waals surface area contributed by atoms with Gasteiger partial charge in [0.2, 0.25) is 0 Å². The van der Waals surface area contributed by atoms with Crippen molar-refractivity contribution < 1.29 is 4.79 Å². The number of anilines is 1. The van der Waals surface area contributed by atoms with E-state index in [0.29, 0.717) is 15.8 Å². The molecule has 1 fully saturated rings. The van der Waals surface area contributed by atoms with E-state index in [0.717, 1.165) is 37.5 Å². The summed E-state index contributed by atoms with van der Waals surface area (Å²) < 4.78 is 0. The maximum absolute atomic E-state index is 12.7. The van der Waals surface area contributed by atoms with Crippen LogP contribution in [0, 0.1) is 0 Å². The summed E-state index contributed by atoms with van der Waals surface area (Å²) in [6.07, 6.45) is 1.02. The summed E-state index contributed by atoms with van der Waals surface area (Å²) >= 11 is 7.98. The van der Waals surface area contributed by atoms with Crippen LogP contribution in [-0.2, 0) is 0 Å². The SMILES string of the molecule is CCCNc1ccc(Cl)cc1C(=O)N1CCSC(C)C1. The molecule has 0 bridgehead atoms. The Morgan fingerprint density at radius 1 is 1.55 bits per heavy atom. The van der Waals surface area contributed by atoms with Gasteiger partial charge in [-0.15, -0.1) is 0 Å². The quantitative estimate of drug-likeness (QED) is 0.919. The molecule has 3 nitrogen and oxygen atoms in total. The van der Waals surface area contributed by atoms with E-state index in [4.69, 9.17) is 11.6 Å². The van der Waals surface area contributed by atoms with Crippen molar-refractivity contribution in [3.05, 3.63) is 28.8 Å². The van der Waals surface area contributed by atoms with Gasteiger partial charge in [-0.25, -0.2) is 0 Å². The summed E-state index contributed by atoms with van der Waals surface area (Å²) in [6, 6.07) is 5.49. The van der Waals surface area contributed by atoms with E-state index < -0.39 is 0 Å². The second-order valence-electron chi connectivity index (χ2n) is 5.05. The summed E-state index contributed by atoms with van der Waals surface area (Å²) in [5.74, 6) is 1.09. The molecule has 1 heterocycles. The normalized spacial score (nSPS) is 18.9. The minimum atomic E-state index is 0.0817. The van der Waals surface area contributed by atoms with Crippen LogP contribution < -0.4 is 5.32 Å². The zero-order valence-corrected chi connectivity index (χ0v) is 13.6. The van der Waals surface area contributed by atoms with Crippen LogP contribution in [0.25, 0.3) is 0 Å². The molecule has 1 aliphatic heterocycles. The van der Waals surface area contributed by atoms with Crippen LogP contribution >= 0.6 is 23.4 Å². The fourth-order valence-electron chi connectivity index (χ4n) is 2.28. The monoisotopic (exact) mass is 312 g/mol. The van der Waals surface area contributed by atoms with Crippen molar-refractivity contribution >= 4 is 35.0 Å². The molecule has 1 N–H and O–H groups in total. The number of hydrogen-bond donors (Lipinski definition) is 1. The van der Waals surface area contributed by atoms with Crippen molar-refractivity contribution in [2.24, 2.45) is 0 Å². The van der Waals surface area contributed by atoms with Gasteiger partial charge in [0.15, 0.2) is 0 Å². The number of benzene rings is 1. The van der Waals surface area contributed by atoms with Crippen LogP contribution in [-0.4, -0.2) is 41.4 Å². The van der Waals surface area contributed by atoms with Crippen LogP contribution in [0.15, 0.2) is 18.2 Å². The van der Waals surface area contributed by atoms with Gasteiger partial charge in [-0.2, -0.15) is 11.8 Å². The number of thioether (sulfide) groups is 1. The third-order valence-electron chi connectivity index (χ3n) is 3.31. The van der Waals surface area contributed by atoms with Crippen molar-refractivity contribution in [1.29, 1.82) is 0 Å². The van der Waals surface area contributed by atoms with Gasteiger partial charge in [0, 0.05) is 41.3 Å². The van der Waals surface area contributed by atoms with E-state index in [1.165, 1.54) is 0 Å². The minimum Gasteiger partial charge on any atom is -0.384 e. The summed E-state index contributed by atoms with van der Waals surface area (Å²) in [5, 5.41) is 4.42. The highest BCUT2D eigenvalue weighted by Gasteiger charge is 2.24. The van der Waals surface area contributed by atoms with Crippen molar-refractivity contribution in [2.75, 3.05) is 30.7 Å². The summed E-state index contributed by atoms with van der Waals surface area (Å²) in [4.78, 5) is 14.6. The van der Waals surface area contributed by atoms with Gasteiger partial charge in [-0.1, -0.05) is 25.4 Å². The number of halogens is 1. The second kappa shape index (κ2) is 7.23. The van der Waals surface area contributed by atoms with Gasteiger partial charge in [0.25, 0.3) is 5.91 Å². The number of nitrogens with zero attached hydrogens (tertiary/aromatic N) is 1. The highest BCUT2D eigenvalue weighted by Crippen LogP contribution is 2.25. The van der Waals surface area contributed by atoms with Crippen LogP contribution in [0.1, 0.15) is 30.6 Å². The lowest BCUT2D eigenvalue weighted by Crippen LogP contribution is -2.41. The Bertz CT molecular complexity index is 481. The molecule has 1 unspecified atom stereocenters. The van der Waals surface area contributed by atoms with Gasteiger partial charge in [-0.3, -0.25) is 4.79 Å². The average molecular weight is 313 g/mol. The van der Waals surface area contributed by atoms with Gasteiger partial charge in [-0.05, 0) is 24.6 Å². The first-order valence-corrected chi connectivity index (χ1v) is 8.48. The Hall–Kier alpha value is -0.870. The maximum Gasteiger partial charge on any atom is 0.256 e. The van der Waals surface area contributed by atoms with E-state index >= 15 is 0 Å². The van der Waals surface area contributed by atoms with Gasteiger partial charge >= 0.3 is 0 Å². The molecule has 1 aromatic carbocycles. The Morgan fingerprint density at radius 2 is 2.35 bits per heavy atom. The molecule has 1 saturated heterocycles. The zero-order chi connectivity index (χ0) is 14.5. The molecule has 0 saturated carbocycles. The third kappa shape index (κ3) is 3.83. The minimum absolute atomic E-state index is 0.0817. The van der Waals surface area contributed by atoms with E-state index in [9.17, 15) is 4.79 Å². The van der Waals surface area contributed by atoms with Crippen LogP contribution in [0.5, 0.6) is 0 Å². The molecule has 1 aliphatic rings. The number of carbonyl (C=O) groups is 1. The molecule has 1 aromatic rings. The lowest BCUT2D eigenvalue weighted by Gasteiger charge is -2.31. The number of hydrogen-bond acceptors (Lipinski definition) is 3. The summed E-state index contributed by atoms with van der Waals surface area (Å²) in [7, 11) is 0. The number of amides is 1. The predicted molar refractivity (Wildman–Crippen MR) is 88.1 cm³/mol. The smallest absolute Gasteiger partial charge is 0.256 e. The number of nitrogens with one attached hydrogen (secondary N) is 1. The summed E-state index contributed by atoms with van der Waals surface area (Å²) in [5.41, 5.74) is 1.57. The molecule has 20 heavy (non-hydrogen) atoms. The lowest BCUT2D eigenvalue weighted by molar-refractivity contribution is 0.0764. The third-order valence-corrected chi connectivity index (χ3v) is 4.68. The molecule has 110 valence electrons. The van der Waals surface area contributed by atoms with Crippen molar-refractivity contribution in [2.45, 2.75) is 25.5 Å². The molecule has 2 rings (SSSR count). The van der Waals surface area contributed by atoms with Crippen LogP contribution in [0.3, 0.4) is 0 Å². The Balaban J connectivity index is 2.20. The molecule has 0 aromatic heterocycles. The summed E-state index contributed by atoms with van der Waals surface area (Å²) in [6.45, 7) is 6.75. The van der Waals surface area contributed by atoms with Crippen molar-refractivity contribution in [3.8, 4) is 0 Å². The molecule has 1 amide bonds.